The maximum atomic E-state index is 13.0. The van der Waals surface area contributed by atoms with Crippen LogP contribution in [-0.2, 0) is 10.0 Å². The van der Waals surface area contributed by atoms with Crippen molar-refractivity contribution in [3.05, 3.63) is 29.8 Å². The Balaban J connectivity index is 1.76. The summed E-state index contributed by atoms with van der Waals surface area (Å²) in [7, 11) is -3.53. The molecule has 1 amide bonds. The molecule has 2 fully saturated rings. The van der Waals surface area contributed by atoms with E-state index in [0.717, 1.165) is 32.1 Å². The van der Waals surface area contributed by atoms with Gasteiger partial charge in [-0.3, -0.25) is 4.79 Å². The Bertz CT molecular complexity index is 705. The number of benzene rings is 1. The van der Waals surface area contributed by atoms with Gasteiger partial charge in [-0.05, 0) is 63.3 Å². The molecule has 0 radical (unpaired) electrons. The minimum Gasteiger partial charge on any atom is -0.333 e. The number of carbonyl (C=O) groups is 1. The van der Waals surface area contributed by atoms with E-state index in [2.05, 4.69) is 9.62 Å². The van der Waals surface area contributed by atoms with Crippen LogP contribution < -0.4 is 4.72 Å². The first-order valence-electron chi connectivity index (χ1n) is 9.37. The lowest BCUT2D eigenvalue weighted by molar-refractivity contribution is 0.0664. The molecular formula is C19H28N2O3S. The number of hydrogen-bond donors (Lipinski definition) is 1. The largest absolute Gasteiger partial charge is 0.333 e. The minimum absolute atomic E-state index is 0.0493. The smallest absolute Gasteiger partial charge is 0.254 e. The van der Waals surface area contributed by atoms with Crippen molar-refractivity contribution in [3.8, 4) is 0 Å². The lowest BCUT2D eigenvalue weighted by atomic mass is 10.1. The van der Waals surface area contributed by atoms with Gasteiger partial charge in [0, 0.05) is 23.7 Å². The van der Waals surface area contributed by atoms with Crippen LogP contribution in [0.1, 0.15) is 69.2 Å². The molecule has 0 bridgehead atoms. The van der Waals surface area contributed by atoms with Gasteiger partial charge in [0.2, 0.25) is 10.0 Å². The molecule has 0 aromatic heterocycles. The lowest BCUT2D eigenvalue weighted by Crippen LogP contribution is -2.40. The van der Waals surface area contributed by atoms with E-state index in [1.54, 1.807) is 12.1 Å². The molecule has 0 heterocycles. The highest BCUT2D eigenvalue weighted by molar-refractivity contribution is 7.89. The molecule has 2 aliphatic rings. The number of amides is 1. The van der Waals surface area contributed by atoms with Gasteiger partial charge in [0.1, 0.15) is 0 Å². The zero-order valence-electron chi connectivity index (χ0n) is 15.1. The maximum absolute atomic E-state index is 13.0. The first-order chi connectivity index (χ1) is 11.9. The Kier molecular flexibility index (Phi) is 5.49. The van der Waals surface area contributed by atoms with Crippen molar-refractivity contribution < 1.29 is 13.2 Å². The van der Waals surface area contributed by atoms with Crippen molar-refractivity contribution in [3.63, 3.8) is 0 Å². The molecule has 25 heavy (non-hydrogen) atoms. The Hall–Kier alpha value is -1.40. The highest BCUT2D eigenvalue weighted by Gasteiger charge is 2.38. The zero-order valence-corrected chi connectivity index (χ0v) is 15.9. The van der Waals surface area contributed by atoms with Gasteiger partial charge in [0.25, 0.3) is 5.91 Å². The fraction of sp³-hybridized carbons (Fsp3) is 0.632. The second-order valence-electron chi connectivity index (χ2n) is 7.34. The van der Waals surface area contributed by atoms with E-state index in [-0.39, 0.29) is 16.8 Å². The quantitative estimate of drug-likeness (QED) is 0.807. The van der Waals surface area contributed by atoms with Gasteiger partial charge < -0.3 is 4.90 Å². The van der Waals surface area contributed by atoms with Crippen LogP contribution in [0, 0.1) is 0 Å². The molecule has 3 rings (SSSR count). The first kappa shape index (κ1) is 18.4. The van der Waals surface area contributed by atoms with E-state index >= 15 is 0 Å². The van der Waals surface area contributed by atoms with Crippen LogP contribution >= 0.6 is 0 Å². The molecule has 1 N–H and O–H groups in total. The standard InChI is InChI=1S/C19H28N2O3S/c1-3-14(2)20-25(23,24)18-12-8-15(9-13-18)19(22)21(17-10-11-17)16-6-4-5-7-16/h8-9,12-14,16-17,20H,3-7,10-11H2,1-2H3. The zero-order chi connectivity index (χ0) is 18.0. The second kappa shape index (κ2) is 7.46. The van der Waals surface area contributed by atoms with Gasteiger partial charge in [-0.25, -0.2) is 13.1 Å². The average molecular weight is 365 g/mol. The molecule has 0 aliphatic heterocycles. The van der Waals surface area contributed by atoms with Crippen LogP contribution in [0.25, 0.3) is 0 Å². The number of sulfonamides is 1. The normalized spacial score (nSPS) is 19.8. The van der Waals surface area contributed by atoms with Gasteiger partial charge in [0.15, 0.2) is 0 Å². The Morgan fingerprint density at radius 1 is 1.12 bits per heavy atom. The number of nitrogens with one attached hydrogen (secondary N) is 1. The monoisotopic (exact) mass is 364 g/mol. The van der Waals surface area contributed by atoms with E-state index in [9.17, 15) is 13.2 Å². The van der Waals surface area contributed by atoms with Gasteiger partial charge in [-0.1, -0.05) is 19.8 Å². The summed E-state index contributed by atoms with van der Waals surface area (Å²) in [6, 6.07) is 7.01. The molecule has 2 aliphatic carbocycles. The predicted molar refractivity (Wildman–Crippen MR) is 98.0 cm³/mol. The van der Waals surface area contributed by atoms with E-state index < -0.39 is 10.0 Å². The van der Waals surface area contributed by atoms with Crippen LogP contribution in [0.15, 0.2) is 29.2 Å². The first-order valence-corrected chi connectivity index (χ1v) is 10.9. The molecule has 0 spiro atoms. The highest BCUT2D eigenvalue weighted by atomic mass is 32.2. The molecule has 1 aromatic carbocycles. The minimum atomic E-state index is -3.53. The van der Waals surface area contributed by atoms with E-state index in [4.69, 9.17) is 0 Å². The SMILES string of the molecule is CCC(C)NS(=O)(=O)c1ccc(C(=O)N(C2CCCC2)C2CC2)cc1. The van der Waals surface area contributed by atoms with Crippen molar-refractivity contribution in [2.45, 2.75) is 81.8 Å². The summed E-state index contributed by atoms with van der Waals surface area (Å²) in [5, 5.41) is 0. The Labute approximate surface area is 150 Å². The van der Waals surface area contributed by atoms with Gasteiger partial charge in [-0.2, -0.15) is 0 Å². The van der Waals surface area contributed by atoms with Crippen LogP contribution in [0.4, 0.5) is 0 Å². The molecule has 0 saturated heterocycles. The third-order valence-electron chi connectivity index (χ3n) is 5.27. The third kappa shape index (κ3) is 4.23. The molecule has 5 nitrogen and oxygen atoms in total. The summed E-state index contributed by atoms with van der Waals surface area (Å²) >= 11 is 0. The number of carbonyl (C=O) groups excluding carboxylic acids is 1. The lowest BCUT2D eigenvalue weighted by Gasteiger charge is -2.29. The van der Waals surface area contributed by atoms with Crippen LogP contribution in [0.2, 0.25) is 0 Å². The molecule has 2 saturated carbocycles. The molecular weight excluding hydrogens is 336 g/mol. The highest BCUT2D eigenvalue weighted by Crippen LogP contribution is 2.35. The van der Waals surface area contributed by atoms with E-state index in [1.807, 2.05) is 13.8 Å². The summed E-state index contributed by atoms with van der Waals surface area (Å²) in [4.78, 5) is 15.2. The summed E-state index contributed by atoms with van der Waals surface area (Å²) in [5.41, 5.74) is 0.585. The summed E-state index contributed by atoms with van der Waals surface area (Å²) in [6.45, 7) is 3.77. The van der Waals surface area contributed by atoms with Crippen molar-refractivity contribution >= 4 is 15.9 Å². The van der Waals surface area contributed by atoms with Crippen molar-refractivity contribution in [2.24, 2.45) is 0 Å². The summed E-state index contributed by atoms with van der Waals surface area (Å²) in [5.74, 6) is 0.0493. The topological polar surface area (TPSA) is 66.5 Å². The fourth-order valence-corrected chi connectivity index (χ4v) is 4.83. The fourth-order valence-electron chi connectivity index (χ4n) is 3.51. The average Bonchev–Trinajstić information content (AvgIpc) is 3.28. The van der Waals surface area contributed by atoms with Crippen LogP contribution in [-0.4, -0.2) is 37.4 Å². The van der Waals surface area contributed by atoms with Gasteiger partial charge >= 0.3 is 0 Å². The van der Waals surface area contributed by atoms with E-state index in [1.165, 1.54) is 25.0 Å². The third-order valence-corrected chi connectivity index (χ3v) is 6.88. The second-order valence-corrected chi connectivity index (χ2v) is 9.05. The van der Waals surface area contributed by atoms with Gasteiger partial charge in [0.05, 0.1) is 4.90 Å². The molecule has 138 valence electrons. The van der Waals surface area contributed by atoms with Gasteiger partial charge in [-0.15, -0.1) is 0 Å². The van der Waals surface area contributed by atoms with Crippen LogP contribution in [0.3, 0.4) is 0 Å². The molecule has 1 aromatic rings. The number of nitrogens with zero attached hydrogens (tertiary/aromatic N) is 1. The Morgan fingerprint density at radius 3 is 2.20 bits per heavy atom. The van der Waals surface area contributed by atoms with Crippen LogP contribution in [0.5, 0.6) is 0 Å². The molecule has 1 atom stereocenters. The maximum Gasteiger partial charge on any atom is 0.254 e. The van der Waals surface area contributed by atoms with Crippen molar-refractivity contribution in [1.29, 1.82) is 0 Å². The molecule has 1 unspecified atom stereocenters. The van der Waals surface area contributed by atoms with E-state index in [0.29, 0.717) is 17.6 Å². The number of rotatable bonds is 7. The number of hydrogen-bond acceptors (Lipinski definition) is 3. The van der Waals surface area contributed by atoms with Crippen molar-refractivity contribution in [2.75, 3.05) is 0 Å². The summed E-state index contributed by atoms with van der Waals surface area (Å²) < 4.78 is 27.3. The Morgan fingerprint density at radius 2 is 1.68 bits per heavy atom. The predicted octanol–water partition coefficient (Wildman–Crippen LogP) is 3.31. The summed E-state index contributed by atoms with van der Waals surface area (Å²) in [6.07, 6.45) is 7.48. The van der Waals surface area contributed by atoms with Crippen molar-refractivity contribution in [1.82, 2.24) is 9.62 Å². The molecule has 6 heteroatoms.